The van der Waals surface area contributed by atoms with Crippen molar-refractivity contribution >= 4 is 44.7 Å². The summed E-state index contributed by atoms with van der Waals surface area (Å²) in [4.78, 5) is 9.46. The fourth-order valence-electron chi connectivity index (χ4n) is 4.04. The minimum atomic E-state index is -4.54. The molecule has 0 aliphatic heterocycles. The Morgan fingerprint density at radius 2 is 1.77 bits per heavy atom. The van der Waals surface area contributed by atoms with Gasteiger partial charge in [-0.15, -0.1) is 11.3 Å². The molecule has 3 nitrogen and oxygen atoms in total. The van der Waals surface area contributed by atoms with Gasteiger partial charge in [0, 0.05) is 16.6 Å². The van der Waals surface area contributed by atoms with Crippen LogP contribution in [0.15, 0.2) is 48.1 Å². The van der Waals surface area contributed by atoms with Gasteiger partial charge in [0.15, 0.2) is 0 Å². The lowest BCUT2D eigenvalue weighted by atomic mass is 9.89. The van der Waals surface area contributed by atoms with Gasteiger partial charge in [-0.3, -0.25) is 0 Å². The number of alkyl halides is 3. The first-order valence-electron chi connectivity index (χ1n) is 9.88. The van der Waals surface area contributed by atoms with Crippen LogP contribution in [0.2, 0.25) is 5.02 Å². The second-order valence-electron chi connectivity index (χ2n) is 7.56. The maximum absolute atomic E-state index is 13.3. The lowest BCUT2D eigenvalue weighted by Crippen LogP contribution is -2.07. The lowest BCUT2D eigenvalue weighted by molar-refractivity contribution is -0.137. The van der Waals surface area contributed by atoms with E-state index in [9.17, 15) is 13.2 Å². The van der Waals surface area contributed by atoms with Crippen LogP contribution in [0.4, 0.5) is 24.7 Å². The van der Waals surface area contributed by atoms with Crippen LogP contribution < -0.4 is 5.32 Å². The second-order valence-corrected chi connectivity index (χ2v) is 8.83. The van der Waals surface area contributed by atoms with Crippen molar-refractivity contribution in [2.45, 2.75) is 31.9 Å². The van der Waals surface area contributed by atoms with Gasteiger partial charge >= 0.3 is 6.18 Å². The van der Waals surface area contributed by atoms with Gasteiger partial charge in [-0.25, -0.2) is 9.97 Å². The molecule has 0 fully saturated rings. The summed E-state index contributed by atoms with van der Waals surface area (Å²) < 4.78 is 39.8. The number of nitrogens with zero attached hydrogens (tertiary/aromatic N) is 2. The highest BCUT2D eigenvalue weighted by atomic mass is 35.5. The Morgan fingerprint density at radius 3 is 2.58 bits per heavy atom. The molecule has 0 radical (unpaired) electrons. The summed E-state index contributed by atoms with van der Waals surface area (Å²) in [6.07, 6.45) is 1.46. The Kier molecular flexibility index (Phi) is 5.10. The fourth-order valence-corrected chi connectivity index (χ4v) is 5.18. The van der Waals surface area contributed by atoms with Crippen molar-refractivity contribution in [1.29, 1.82) is 0 Å². The van der Waals surface area contributed by atoms with Crippen molar-refractivity contribution in [2.75, 3.05) is 5.32 Å². The predicted molar refractivity (Wildman–Crippen MR) is 119 cm³/mol. The van der Waals surface area contributed by atoms with Gasteiger partial charge in [0.05, 0.1) is 16.0 Å². The maximum Gasteiger partial charge on any atom is 0.417 e. The van der Waals surface area contributed by atoms with Gasteiger partial charge in [-0.1, -0.05) is 29.8 Å². The molecular formula is C23H17ClF3N3S. The van der Waals surface area contributed by atoms with Crippen molar-refractivity contribution < 1.29 is 13.2 Å². The highest BCUT2D eigenvalue weighted by molar-refractivity contribution is 7.17. The molecule has 31 heavy (non-hydrogen) atoms. The molecule has 0 saturated carbocycles. The number of aromatic nitrogens is 2. The highest BCUT2D eigenvalue weighted by Gasteiger charge is 2.33. The SMILES string of the molecule is FC(F)(F)c1cc(Nc2ncnc3scc(-c4ccc5c(c4)CCCC5)c23)ccc1Cl. The van der Waals surface area contributed by atoms with Gasteiger partial charge in [-0.05, 0) is 60.6 Å². The Morgan fingerprint density at radius 1 is 0.968 bits per heavy atom. The molecule has 5 rings (SSSR count). The molecule has 4 aromatic rings. The fraction of sp³-hybridized carbons (Fsp3) is 0.217. The molecule has 1 N–H and O–H groups in total. The predicted octanol–water partition coefficient (Wildman–Crippen LogP) is 7.65. The van der Waals surface area contributed by atoms with E-state index in [4.69, 9.17) is 11.6 Å². The molecular weight excluding hydrogens is 443 g/mol. The number of aryl methyl sites for hydroxylation is 2. The average molecular weight is 460 g/mol. The summed E-state index contributed by atoms with van der Waals surface area (Å²) in [5.74, 6) is 0.467. The molecule has 0 saturated heterocycles. The number of benzene rings is 2. The standard InChI is InChI=1S/C23H17ClF3N3S/c24-19-8-7-16(10-18(19)23(25,26)27)30-21-20-17(11-31-22(20)29-12-28-21)15-6-5-13-3-1-2-4-14(13)9-15/h5-12H,1-4H2,(H,28,29,30). The van der Waals surface area contributed by atoms with E-state index < -0.39 is 11.7 Å². The van der Waals surface area contributed by atoms with E-state index in [2.05, 4.69) is 33.5 Å². The zero-order valence-corrected chi connectivity index (χ0v) is 17.8. The van der Waals surface area contributed by atoms with Crippen LogP contribution in [0.3, 0.4) is 0 Å². The van der Waals surface area contributed by atoms with Gasteiger partial charge in [0.1, 0.15) is 17.0 Å². The number of anilines is 2. The number of hydrogen-bond donors (Lipinski definition) is 1. The molecule has 1 aliphatic rings. The quantitative estimate of drug-likeness (QED) is 0.342. The largest absolute Gasteiger partial charge is 0.417 e. The average Bonchev–Trinajstić information content (AvgIpc) is 3.19. The Labute approximate surface area is 185 Å². The second kappa shape index (κ2) is 7.80. The van der Waals surface area contributed by atoms with Crippen molar-refractivity contribution in [3.05, 3.63) is 69.8 Å². The number of fused-ring (bicyclic) bond motifs is 2. The third-order valence-electron chi connectivity index (χ3n) is 5.56. The first-order valence-corrected chi connectivity index (χ1v) is 11.1. The van der Waals surface area contributed by atoms with E-state index in [0.717, 1.165) is 40.3 Å². The van der Waals surface area contributed by atoms with E-state index >= 15 is 0 Å². The molecule has 0 unspecified atom stereocenters. The van der Waals surface area contributed by atoms with Gasteiger partial charge in [-0.2, -0.15) is 13.2 Å². The third-order valence-corrected chi connectivity index (χ3v) is 6.78. The van der Waals surface area contributed by atoms with Gasteiger partial charge in [0.2, 0.25) is 0 Å². The Bertz CT molecular complexity index is 1280. The molecule has 0 spiro atoms. The molecule has 2 aromatic carbocycles. The molecule has 0 bridgehead atoms. The Hall–Kier alpha value is -2.64. The molecule has 0 amide bonds. The summed E-state index contributed by atoms with van der Waals surface area (Å²) in [5, 5.41) is 5.53. The van der Waals surface area contributed by atoms with E-state index in [1.807, 2.05) is 5.38 Å². The molecule has 158 valence electrons. The van der Waals surface area contributed by atoms with Crippen molar-refractivity contribution in [2.24, 2.45) is 0 Å². The van der Waals surface area contributed by atoms with Gasteiger partial charge < -0.3 is 5.32 Å². The normalized spacial score (nSPS) is 13.9. The summed E-state index contributed by atoms with van der Waals surface area (Å²) >= 11 is 7.24. The number of rotatable bonds is 3. The summed E-state index contributed by atoms with van der Waals surface area (Å²) in [5.41, 5.74) is 4.18. The number of thiophene rings is 1. The van der Waals surface area contributed by atoms with Crippen LogP contribution in [0.5, 0.6) is 0 Å². The molecule has 2 heterocycles. The zero-order valence-electron chi connectivity index (χ0n) is 16.3. The van der Waals surface area contributed by atoms with E-state index in [-0.39, 0.29) is 10.7 Å². The first-order chi connectivity index (χ1) is 14.9. The number of halogens is 4. The monoisotopic (exact) mass is 459 g/mol. The van der Waals surface area contributed by atoms with E-state index in [1.54, 1.807) is 0 Å². The maximum atomic E-state index is 13.3. The van der Waals surface area contributed by atoms with Crippen LogP contribution in [-0.2, 0) is 19.0 Å². The lowest BCUT2D eigenvalue weighted by Gasteiger charge is -2.17. The summed E-state index contributed by atoms with van der Waals surface area (Å²) in [6, 6.07) is 10.3. The van der Waals surface area contributed by atoms with Gasteiger partial charge in [0.25, 0.3) is 0 Å². The van der Waals surface area contributed by atoms with Crippen LogP contribution in [0.25, 0.3) is 21.3 Å². The highest BCUT2D eigenvalue weighted by Crippen LogP contribution is 2.40. The minimum absolute atomic E-state index is 0.263. The summed E-state index contributed by atoms with van der Waals surface area (Å²) in [7, 11) is 0. The molecule has 2 aromatic heterocycles. The smallest absolute Gasteiger partial charge is 0.340 e. The van der Waals surface area contributed by atoms with E-state index in [1.165, 1.54) is 53.8 Å². The number of nitrogens with one attached hydrogen (secondary N) is 1. The van der Waals surface area contributed by atoms with Crippen molar-refractivity contribution in [1.82, 2.24) is 9.97 Å². The van der Waals surface area contributed by atoms with Crippen LogP contribution >= 0.6 is 22.9 Å². The minimum Gasteiger partial charge on any atom is -0.340 e. The Balaban J connectivity index is 1.58. The van der Waals surface area contributed by atoms with E-state index in [0.29, 0.717) is 5.82 Å². The van der Waals surface area contributed by atoms with Crippen molar-refractivity contribution in [3.63, 3.8) is 0 Å². The van der Waals surface area contributed by atoms with Crippen LogP contribution in [0, 0.1) is 0 Å². The van der Waals surface area contributed by atoms with Crippen LogP contribution in [-0.4, -0.2) is 9.97 Å². The molecule has 8 heteroatoms. The molecule has 1 aliphatic carbocycles. The third kappa shape index (κ3) is 3.88. The number of hydrogen-bond acceptors (Lipinski definition) is 4. The zero-order chi connectivity index (χ0) is 21.6. The van der Waals surface area contributed by atoms with Crippen molar-refractivity contribution in [3.8, 4) is 11.1 Å². The van der Waals surface area contributed by atoms with Crippen LogP contribution in [0.1, 0.15) is 29.5 Å². The summed E-state index contributed by atoms with van der Waals surface area (Å²) in [6.45, 7) is 0. The first kappa shape index (κ1) is 20.3. The molecule has 0 atom stereocenters. The topological polar surface area (TPSA) is 37.8 Å².